The summed E-state index contributed by atoms with van der Waals surface area (Å²) in [4.78, 5) is 2.32. The highest BCUT2D eigenvalue weighted by molar-refractivity contribution is 5.27. The summed E-state index contributed by atoms with van der Waals surface area (Å²) < 4.78 is 5.80. The van der Waals surface area contributed by atoms with Crippen LogP contribution in [0.3, 0.4) is 0 Å². The van der Waals surface area contributed by atoms with Gasteiger partial charge in [-0.25, -0.2) is 0 Å². The molecule has 96 valence electrons. The number of likely N-dealkylation sites (N-methyl/N-ethyl adjacent to an activating group) is 1. The summed E-state index contributed by atoms with van der Waals surface area (Å²) in [6.07, 6.45) is 9.96. The molecular weight excluding hydrogens is 210 g/mol. The third-order valence-electron chi connectivity index (χ3n) is 3.20. The normalized spacial score (nSPS) is 24.6. The van der Waals surface area contributed by atoms with Gasteiger partial charge in [-0.2, -0.15) is 0 Å². The van der Waals surface area contributed by atoms with E-state index in [1.807, 2.05) is 0 Å². The molecule has 1 fully saturated rings. The molecule has 1 saturated heterocycles. The maximum Gasteiger partial charge on any atom is 0.0949 e. The second-order valence-corrected chi connectivity index (χ2v) is 4.64. The maximum absolute atomic E-state index is 5.80. The quantitative estimate of drug-likeness (QED) is 0.694. The van der Waals surface area contributed by atoms with E-state index >= 15 is 0 Å². The largest absolute Gasteiger partial charge is 0.371 e. The molecule has 1 unspecified atom stereocenters. The summed E-state index contributed by atoms with van der Waals surface area (Å²) in [6, 6.07) is 0. The predicted octanol–water partition coefficient (Wildman–Crippen LogP) is 3.18. The van der Waals surface area contributed by atoms with Gasteiger partial charge in [-0.1, -0.05) is 36.8 Å². The fourth-order valence-electron chi connectivity index (χ4n) is 1.81. The van der Waals surface area contributed by atoms with Crippen LogP contribution in [-0.2, 0) is 4.74 Å². The molecule has 1 atom stereocenters. The molecule has 1 aliphatic heterocycles. The summed E-state index contributed by atoms with van der Waals surface area (Å²) >= 11 is 0. The van der Waals surface area contributed by atoms with Crippen LogP contribution in [0.1, 0.15) is 27.2 Å². The van der Waals surface area contributed by atoms with Crippen molar-refractivity contribution in [2.75, 3.05) is 26.7 Å². The molecule has 0 radical (unpaired) electrons. The third kappa shape index (κ3) is 4.88. The standard InChI is InChI=1S/C15H25NO/c1-5-13(3)8-7-9-14(6-2)15-12-16(4)10-11-17-15/h6-9,15H,5,10-12H2,1-4H3/b9-7-,13-8+,14-6+. The number of rotatable bonds is 4. The van der Waals surface area contributed by atoms with Gasteiger partial charge in [0, 0.05) is 13.1 Å². The molecule has 1 heterocycles. The van der Waals surface area contributed by atoms with Crippen LogP contribution in [0.25, 0.3) is 0 Å². The van der Waals surface area contributed by atoms with E-state index < -0.39 is 0 Å². The van der Waals surface area contributed by atoms with Gasteiger partial charge in [-0.05, 0) is 32.9 Å². The SMILES string of the molecule is C\C=C(/C=C\C=C(/C)CC)C1CN(C)CCO1. The van der Waals surface area contributed by atoms with Gasteiger partial charge in [0.15, 0.2) is 0 Å². The van der Waals surface area contributed by atoms with Crippen molar-refractivity contribution in [2.24, 2.45) is 0 Å². The molecule has 17 heavy (non-hydrogen) atoms. The first-order valence-corrected chi connectivity index (χ1v) is 6.47. The van der Waals surface area contributed by atoms with Crippen molar-refractivity contribution in [2.45, 2.75) is 33.3 Å². The Morgan fingerprint density at radius 2 is 2.24 bits per heavy atom. The summed E-state index contributed by atoms with van der Waals surface area (Å²) in [5.41, 5.74) is 2.68. The first-order valence-electron chi connectivity index (χ1n) is 6.47. The smallest absolute Gasteiger partial charge is 0.0949 e. The van der Waals surface area contributed by atoms with Crippen LogP contribution in [0.15, 0.2) is 35.5 Å². The molecule has 0 spiro atoms. The third-order valence-corrected chi connectivity index (χ3v) is 3.20. The summed E-state index contributed by atoms with van der Waals surface area (Å²) in [5, 5.41) is 0. The van der Waals surface area contributed by atoms with E-state index in [1.165, 1.54) is 11.1 Å². The van der Waals surface area contributed by atoms with Crippen molar-refractivity contribution >= 4 is 0 Å². The second-order valence-electron chi connectivity index (χ2n) is 4.64. The molecule has 0 aliphatic carbocycles. The number of allylic oxidation sites excluding steroid dienone is 4. The number of hydrogen-bond acceptors (Lipinski definition) is 2. The molecular formula is C15H25NO. The average molecular weight is 235 g/mol. The van der Waals surface area contributed by atoms with Crippen LogP contribution in [0.2, 0.25) is 0 Å². The predicted molar refractivity (Wildman–Crippen MR) is 74.2 cm³/mol. The van der Waals surface area contributed by atoms with Crippen LogP contribution in [-0.4, -0.2) is 37.7 Å². The zero-order valence-electron chi connectivity index (χ0n) is 11.6. The minimum absolute atomic E-state index is 0.227. The number of nitrogens with zero attached hydrogens (tertiary/aromatic N) is 1. The summed E-state index contributed by atoms with van der Waals surface area (Å²) in [7, 11) is 2.15. The first kappa shape index (κ1) is 14.2. The van der Waals surface area contributed by atoms with Gasteiger partial charge in [0.05, 0.1) is 12.7 Å². The first-order chi connectivity index (χ1) is 8.17. The van der Waals surface area contributed by atoms with Gasteiger partial charge in [-0.3, -0.25) is 0 Å². The van der Waals surface area contributed by atoms with Crippen LogP contribution >= 0.6 is 0 Å². The molecule has 1 rings (SSSR count). The number of morpholine rings is 1. The average Bonchev–Trinajstić information content (AvgIpc) is 2.34. The maximum atomic E-state index is 5.80. The fraction of sp³-hybridized carbons (Fsp3) is 0.600. The molecule has 0 saturated carbocycles. The molecule has 2 heteroatoms. The Morgan fingerprint density at radius 1 is 1.47 bits per heavy atom. The Labute approximate surface area is 106 Å². The summed E-state index contributed by atoms with van der Waals surface area (Å²) in [6.45, 7) is 9.26. The van der Waals surface area contributed by atoms with Crippen molar-refractivity contribution in [3.8, 4) is 0 Å². The van der Waals surface area contributed by atoms with Crippen LogP contribution < -0.4 is 0 Å². The molecule has 2 nitrogen and oxygen atoms in total. The lowest BCUT2D eigenvalue weighted by atomic mass is 10.1. The van der Waals surface area contributed by atoms with Crippen LogP contribution in [0.4, 0.5) is 0 Å². The molecule has 0 aromatic carbocycles. The lowest BCUT2D eigenvalue weighted by Crippen LogP contribution is -2.40. The Balaban J connectivity index is 2.60. The van der Waals surface area contributed by atoms with Gasteiger partial charge in [0.1, 0.15) is 0 Å². The molecule has 0 bridgehead atoms. The van der Waals surface area contributed by atoms with E-state index in [0.29, 0.717) is 0 Å². The highest BCUT2D eigenvalue weighted by Crippen LogP contribution is 2.14. The Bertz CT molecular complexity index is 315. The highest BCUT2D eigenvalue weighted by atomic mass is 16.5. The van der Waals surface area contributed by atoms with E-state index in [9.17, 15) is 0 Å². The molecule has 0 N–H and O–H groups in total. The Hall–Kier alpha value is -0.860. The van der Waals surface area contributed by atoms with Crippen LogP contribution in [0.5, 0.6) is 0 Å². The molecule has 0 aromatic rings. The van der Waals surface area contributed by atoms with E-state index in [4.69, 9.17) is 4.74 Å². The van der Waals surface area contributed by atoms with E-state index in [-0.39, 0.29) is 6.10 Å². The minimum atomic E-state index is 0.227. The van der Waals surface area contributed by atoms with Gasteiger partial charge < -0.3 is 9.64 Å². The van der Waals surface area contributed by atoms with Crippen molar-refractivity contribution in [3.05, 3.63) is 35.5 Å². The number of ether oxygens (including phenoxy) is 1. The van der Waals surface area contributed by atoms with E-state index in [2.05, 4.69) is 57.0 Å². The second kappa shape index (κ2) is 7.46. The molecule has 1 aliphatic rings. The monoisotopic (exact) mass is 235 g/mol. The van der Waals surface area contributed by atoms with Crippen molar-refractivity contribution in [1.82, 2.24) is 4.90 Å². The summed E-state index contributed by atoms with van der Waals surface area (Å²) in [5.74, 6) is 0. The Morgan fingerprint density at radius 3 is 2.82 bits per heavy atom. The van der Waals surface area contributed by atoms with E-state index in [1.54, 1.807) is 0 Å². The lowest BCUT2D eigenvalue weighted by Gasteiger charge is -2.30. The van der Waals surface area contributed by atoms with Gasteiger partial charge in [0.2, 0.25) is 0 Å². The zero-order valence-corrected chi connectivity index (χ0v) is 11.6. The van der Waals surface area contributed by atoms with Crippen molar-refractivity contribution in [3.63, 3.8) is 0 Å². The van der Waals surface area contributed by atoms with Crippen molar-refractivity contribution < 1.29 is 4.74 Å². The van der Waals surface area contributed by atoms with Gasteiger partial charge >= 0.3 is 0 Å². The Kier molecular flexibility index (Phi) is 6.23. The fourth-order valence-corrected chi connectivity index (χ4v) is 1.81. The van der Waals surface area contributed by atoms with Gasteiger partial charge in [0.25, 0.3) is 0 Å². The topological polar surface area (TPSA) is 12.5 Å². The van der Waals surface area contributed by atoms with Gasteiger partial charge in [-0.15, -0.1) is 0 Å². The lowest BCUT2D eigenvalue weighted by molar-refractivity contribution is 0.00252. The highest BCUT2D eigenvalue weighted by Gasteiger charge is 2.19. The minimum Gasteiger partial charge on any atom is -0.371 e. The molecule has 0 amide bonds. The van der Waals surface area contributed by atoms with E-state index in [0.717, 1.165) is 26.1 Å². The zero-order chi connectivity index (χ0) is 12.7. The molecule has 0 aromatic heterocycles. The van der Waals surface area contributed by atoms with Crippen molar-refractivity contribution in [1.29, 1.82) is 0 Å². The number of hydrogen-bond donors (Lipinski definition) is 0. The van der Waals surface area contributed by atoms with Crippen LogP contribution in [0, 0.1) is 0 Å².